The maximum absolute atomic E-state index is 12.7. The van der Waals surface area contributed by atoms with Crippen LogP contribution in [0, 0.1) is 0 Å². The number of fused-ring (bicyclic) bond motifs is 1. The molecule has 0 saturated carbocycles. The Morgan fingerprint density at radius 1 is 0.875 bits per heavy atom. The number of rotatable bonds is 6. The maximum atomic E-state index is 12.7. The molecule has 0 bridgehead atoms. The fraction of sp³-hybridized carbons (Fsp3) is 0.0833. The molecule has 32 heavy (non-hydrogen) atoms. The first-order chi connectivity index (χ1) is 15.5. The lowest BCUT2D eigenvalue weighted by molar-refractivity contribution is -0.142. The average Bonchev–Trinajstić information content (AvgIpc) is 3.08. The average molecular weight is 430 g/mol. The van der Waals surface area contributed by atoms with Crippen molar-refractivity contribution < 1.29 is 28.7 Å². The first kappa shape index (κ1) is 20.8. The lowest BCUT2D eigenvalue weighted by Crippen LogP contribution is -2.29. The summed E-state index contributed by atoms with van der Waals surface area (Å²) in [7, 11) is 1.27. The number of nitrogens with one attached hydrogen (secondary N) is 1. The zero-order chi connectivity index (χ0) is 22.7. The Kier molecular flexibility index (Phi) is 5.67. The number of methoxy groups -OCH3 is 1. The lowest BCUT2D eigenvalue weighted by atomic mass is 10.1. The van der Waals surface area contributed by atoms with Gasteiger partial charge in [0.2, 0.25) is 0 Å². The van der Waals surface area contributed by atoms with Crippen molar-refractivity contribution in [2.45, 2.75) is 0 Å². The normalized spacial score (nSPS) is 12.3. The molecule has 4 rings (SSSR count). The monoisotopic (exact) mass is 430 g/mol. The van der Waals surface area contributed by atoms with Crippen LogP contribution in [0.15, 0.2) is 72.8 Å². The quantitative estimate of drug-likeness (QED) is 0.476. The largest absolute Gasteiger partial charge is 0.482 e. The smallest absolute Gasteiger partial charge is 0.343 e. The van der Waals surface area contributed by atoms with E-state index in [4.69, 9.17) is 4.74 Å². The van der Waals surface area contributed by atoms with Crippen LogP contribution in [0.1, 0.15) is 31.1 Å². The third-order valence-corrected chi connectivity index (χ3v) is 4.86. The van der Waals surface area contributed by atoms with Gasteiger partial charge in [0.15, 0.2) is 6.61 Å². The summed E-state index contributed by atoms with van der Waals surface area (Å²) in [6.07, 6.45) is 0. The molecule has 3 amide bonds. The molecule has 0 radical (unpaired) electrons. The molecule has 3 aromatic carbocycles. The summed E-state index contributed by atoms with van der Waals surface area (Å²) in [5.41, 5.74) is 1.77. The van der Waals surface area contributed by atoms with E-state index in [1.807, 2.05) is 0 Å². The van der Waals surface area contributed by atoms with Crippen LogP contribution in [0.2, 0.25) is 0 Å². The van der Waals surface area contributed by atoms with Crippen molar-refractivity contribution in [2.24, 2.45) is 0 Å². The molecule has 0 spiro atoms. The van der Waals surface area contributed by atoms with Crippen LogP contribution in [0.3, 0.4) is 0 Å². The SMILES string of the molecule is COC(=O)COc1ccc(NC(=O)c2cccc(N3C(=O)c4ccccc4C3=O)c2)cc1. The summed E-state index contributed by atoms with van der Waals surface area (Å²) in [5, 5.41) is 2.74. The lowest BCUT2D eigenvalue weighted by Gasteiger charge is -2.15. The van der Waals surface area contributed by atoms with E-state index in [1.165, 1.54) is 13.2 Å². The van der Waals surface area contributed by atoms with Gasteiger partial charge in [0, 0.05) is 11.3 Å². The Morgan fingerprint density at radius 3 is 2.16 bits per heavy atom. The molecule has 0 unspecified atom stereocenters. The van der Waals surface area contributed by atoms with E-state index < -0.39 is 23.7 Å². The van der Waals surface area contributed by atoms with Crippen LogP contribution in [0.25, 0.3) is 0 Å². The fourth-order valence-electron chi connectivity index (χ4n) is 3.25. The number of imide groups is 1. The molecule has 1 heterocycles. The molecule has 0 saturated heterocycles. The van der Waals surface area contributed by atoms with Gasteiger partial charge in [-0.05, 0) is 54.6 Å². The summed E-state index contributed by atoms with van der Waals surface area (Å²) in [4.78, 5) is 50.3. The Morgan fingerprint density at radius 2 is 1.53 bits per heavy atom. The van der Waals surface area contributed by atoms with E-state index in [2.05, 4.69) is 10.1 Å². The van der Waals surface area contributed by atoms with Crippen LogP contribution in [0.4, 0.5) is 11.4 Å². The summed E-state index contributed by atoms with van der Waals surface area (Å²) in [6.45, 7) is -0.215. The van der Waals surface area contributed by atoms with Crippen molar-refractivity contribution in [1.29, 1.82) is 0 Å². The maximum Gasteiger partial charge on any atom is 0.343 e. The third-order valence-electron chi connectivity index (χ3n) is 4.86. The molecular weight excluding hydrogens is 412 g/mol. The van der Waals surface area contributed by atoms with Crippen LogP contribution in [0.5, 0.6) is 5.75 Å². The van der Waals surface area contributed by atoms with Gasteiger partial charge >= 0.3 is 5.97 Å². The Balaban J connectivity index is 1.47. The topological polar surface area (TPSA) is 102 Å². The molecule has 0 aromatic heterocycles. The van der Waals surface area contributed by atoms with E-state index in [1.54, 1.807) is 66.7 Å². The highest BCUT2D eigenvalue weighted by atomic mass is 16.6. The van der Waals surface area contributed by atoms with E-state index >= 15 is 0 Å². The zero-order valence-electron chi connectivity index (χ0n) is 17.0. The summed E-state index contributed by atoms with van der Waals surface area (Å²) in [6, 6.07) is 19.3. The van der Waals surface area contributed by atoms with Gasteiger partial charge in [-0.3, -0.25) is 14.4 Å². The molecule has 160 valence electrons. The number of anilines is 2. The van der Waals surface area contributed by atoms with Gasteiger partial charge in [0.1, 0.15) is 5.75 Å². The second-order valence-electron chi connectivity index (χ2n) is 6.88. The standard InChI is InChI=1S/C24H18N2O6/c1-31-21(27)14-32-18-11-9-16(10-12-18)25-22(28)15-5-4-6-17(13-15)26-23(29)19-7-2-3-8-20(19)24(26)30/h2-13H,14H2,1H3,(H,25,28). The van der Waals surface area contributed by atoms with E-state index in [0.29, 0.717) is 28.3 Å². The summed E-state index contributed by atoms with van der Waals surface area (Å²) >= 11 is 0. The minimum absolute atomic E-state index is 0.215. The van der Waals surface area contributed by atoms with Gasteiger partial charge in [0.05, 0.1) is 23.9 Å². The van der Waals surface area contributed by atoms with Gasteiger partial charge in [0.25, 0.3) is 17.7 Å². The van der Waals surface area contributed by atoms with Gasteiger partial charge in [-0.25, -0.2) is 9.69 Å². The summed E-state index contributed by atoms with van der Waals surface area (Å²) in [5.74, 6) is -1.32. The molecule has 1 aliphatic heterocycles. The number of hydrogen-bond donors (Lipinski definition) is 1. The van der Waals surface area contributed by atoms with Crippen molar-refractivity contribution in [1.82, 2.24) is 0 Å². The highest BCUT2D eigenvalue weighted by Crippen LogP contribution is 2.29. The fourth-order valence-corrected chi connectivity index (χ4v) is 3.25. The predicted octanol–water partition coefficient (Wildman–Crippen LogP) is 3.29. The molecule has 1 aliphatic rings. The Labute approximate surface area is 183 Å². The molecule has 0 aliphatic carbocycles. The van der Waals surface area contributed by atoms with Gasteiger partial charge in [-0.15, -0.1) is 0 Å². The first-order valence-corrected chi connectivity index (χ1v) is 9.67. The Hall–Kier alpha value is -4.46. The van der Waals surface area contributed by atoms with Crippen LogP contribution < -0.4 is 15.0 Å². The minimum Gasteiger partial charge on any atom is -0.482 e. The van der Waals surface area contributed by atoms with Crippen molar-refractivity contribution in [3.05, 3.63) is 89.5 Å². The van der Waals surface area contributed by atoms with E-state index in [0.717, 1.165) is 4.90 Å². The van der Waals surface area contributed by atoms with Crippen LogP contribution >= 0.6 is 0 Å². The van der Waals surface area contributed by atoms with Crippen LogP contribution in [-0.2, 0) is 9.53 Å². The van der Waals surface area contributed by atoms with Gasteiger partial charge in [-0.1, -0.05) is 18.2 Å². The van der Waals surface area contributed by atoms with Crippen molar-refractivity contribution in [3.63, 3.8) is 0 Å². The van der Waals surface area contributed by atoms with Gasteiger partial charge in [-0.2, -0.15) is 0 Å². The van der Waals surface area contributed by atoms with Crippen molar-refractivity contribution in [2.75, 3.05) is 23.9 Å². The summed E-state index contributed by atoms with van der Waals surface area (Å²) < 4.78 is 9.78. The molecule has 8 nitrogen and oxygen atoms in total. The highest BCUT2D eigenvalue weighted by molar-refractivity contribution is 6.34. The van der Waals surface area contributed by atoms with Crippen LogP contribution in [-0.4, -0.2) is 37.4 Å². The first-order valence-electron chi connectivity index (χ1n) is 9.67. The van der Waals surface area contributed by atoms with Crippen molar-refractivity contribution in [3.8, 4) is 5.75 Å². The Bertz CT molecular complexity index is 1180. The number of benzene rings is 3. The second kappa shape index (κ2) is 8.73. The molecule has 0 fully saturated rings. The molecule has 0 atom stereocenters. The highest BCUT2D eigenvalue weighted by Gasteiger charge is 2.36. The molecule has 8 heteroatoms. The van der Waals surface area contributed by atoms with Crippen molar-refractivity contribution >= 4 is 35.1 Å². The number of esters is 1. The molecule has 3 aromatic rings. The number of carbonyl (C=O) groups excluding carboxylic acids is 4. The number of amides is 3. The predicted molar refractivity (Wildman–Crippen MR) is 116 cm³/mol. The minimum atomic E-state index is -0.500. The zero-order valence-corrected chi connectivity index (χ0v) is 17.0. The van der Waals surface area contributed by atoms with Gasteiger partial charge < -0.3 is 14.8 Å². The number of ether oxygens (including phenoxy) is 2. The third kappa shape index (κ3) is 4.06. The number of hydrogen-bond acceptors (Lipinski definition) is 6. The molecule has 1 N–H and O–H groups in total. The number of nitrogens with zero attached hydrogens (tertiary/aromatic N) is 1. The van der Waals surface area contributed by atoms with E-state index in [-0.39, 0.29) is 12.2 Å². The second-order valence-corrected chi connectivity index (χ2v) is 6.88. The number of carbonyl (C=O) groups is 4. The van der Waals surface area contributed by atoms with E-state index in [9.17, 15) is 19.2 Å². The molecular formula is C24H18N2O6.